The molecule has 0 saturated heterocycles. The van der Waals surface area contributed by atoms with Gasteiger partial charge >= 0.3 is 12.1 Å². The van der Waals surface area contributed by atoms with E-state index in [-0.39, 0.29) is 24.9 Å². The van der Waals surface area contributed by atoms with Crippen molar-refractivity contribution in [3.8, 4) is 11.1 Å². The summed E-state index contributed by atoms with van der Waals surface area (Å²) in [7, 11) is 1.33. The van der Waals surface area contributed by atoms with Crippen LogP contribution < -0.4 is 10.8 Å². The molecular formula is C23H26N2O7S. The third-order valence-electron chi connectivity index (χ3n) is 5.00. The van der Waals surface area contributed by atoms with Gasteiger partial charge in [0.15, 0.2) is 0 Å². The first-order valence-electron chi connectivity index (χ1n) is 10.3. The van der Waals surface area contributed by atoms with E-state index in [0.29, 0.717) is 12.3 Å². The predicted molar refractivity (Wildman–Crippen MR) is 123 cm³/mol. The topological polar surface area (TPSA) is 123 Å². The molecule has 0 fully saturated rings. The lowest BCUT2D eigenvalue weighted by Crippen LogP contribution is -2.38. The monoisotopic (exact) mass is 474 g/mol. The van der Waals surface area contributed by atoms with E-state index >= 15 is 0 Å². The maximum Gasteiger partial charge on any atom is 0.407 e. The molecule has 0 heterocycles. The summed E-state index contributed by atoms with van der Waals surface area (Å²) in [5.74, 6) is -1.21. The molecule has 3 rings (SSSR count). The number of fused-ring (bicyclic) bond motifs is 3. The lowest BCUT2D eigenvalue weighted by molar-refractivity contribution is -0.164. The van der Waals surface area contributed by atoms with Gasteiger partial charge in [-0.1, -0.05) is 48.5 Å². The second kappa shape index (κ2) is 12.2. The Morgan fingerprint density at radius 3 is 2.30 bits per heavy atom. The fourth-order valence-corrected chi connectivity index (χ4v) is 4.15. The highest BCUT2D eigenvalue weighted by molar-refractivity contribution is 7.99. The highest BCUT2D eigenvalue weighted by atomic mass is 32.2. The van der Waals surface area contributed by atoms with Crippen LogP contribution in [0.4, 0.5) is 4.79 Å². The molecule has 33 heavy (non-hydrogen) atoms. The number of hydrogen-bond donors (Lipinski definition) is 3. The molecule has 0 aliphatic heterocycles. The minimum atomic E-state index is -1.28. The van der Waals surface area contributed by atoms with Crippen LogP contribution in [0, 0.1) is 0 Å². The second-order valence-electron chi connectivity index (χ2n) is 7.23. The van der Waals surface area contributed by atoms with E-state index in [4.69, 9.17) is 19.4 Å². The number of carboxylic acid groups (broad SMARTS) is 1. The smallest absolute Gasteiger partial charge is 0.407 e. The van der Waals surface area contributed by atoms with E-state index in [1.807, 2.05) is 24.3 Å². The van der Waals surface area contributed by atoms with Crippen molar-refractivity contribution in [1.29, 1.82) is 0 Å². The van der Waals surface area contributed by atoms with Gasteiger partial charge in [-0.3, -0.25) is 9.63 Å². The average molecular weight is 475 g/mol. The summed E-state index contributed by atoms with van der Waals surface area (Å²) in [4.78, 5) is 39.5. The lowest BCUT2D eigenvalue weighted by Gasteiger charge is -2.14. The Morgan fingerprint density at radius 2 is 1.70 bits per heavy atom. The average Bonchev–Trinajstić information content (AvgIpc) is 3.13. The van der Waals surface area contributed by atoms with Crippen molar-refractivity contribution in [2.45, 2.75) is 12.0 Å². The number of carbonyl (C=O) groups is 3. The zero-order chi connectivity index (χ0) is 23.6. The third kappa shape index (κ3) is 6.70. The Balaban J connectivity index is 1.34. The molecular weight excluding hydrogens is 448 g/mol. The number of benzene rings is 2. The summed E-state index contributed by atoms with van der Waals surface area (Å²) in [5, 5.41) is 11.6. The molecule has 3 N–H and O–H groups in total. The van der Waals surface area contributed by atoms with Crippen molar-refractivity contribution < 1.29 is 33.8 Å². The Labute approximate surface area is 195 Å². The van der Waals surface area contributed by atoms with Gasteiger partial charge in [-0.05, 0) is 22.3 Å². The molecule has 0 radical (unpaired) electrons. The highest BCUT2D eigenvalue weighted by Gasteiger charge is 2.29. The number of aliphatic carboxylic acids is 1. The van der Waals surface area contributed by atoms with Crippen molar-refractivity contribution in [1.82, 2.24) is 10.8 Å². The molecule has 1 aliphatic carbocycles. The van der Waals surface area contributed by atoms with Gasteiger partial charge < -0.3 is 19.9 Å². The van der Waals surface area contributed by atoms with Crippen LogP contribution >= 0.6 is 11.8 Å². The molecule has 0 bridgehead atoms. The summed E-state index contributed by atoms with van der Waals surface area (Å²) in [6.45, 7) is 0.364. The number of hydroxylamine groups is 1. The summed E-state index contributed by atoms with van der Waals surface area (Å²) in [5.41, 5.74) is 6.70. The van der Waals surface area contributed by atoms with E-state index in [9.17, 15) is 14.4 Å². The van der Waals surface area contributed by atoms with Gasteiger partial charge in [0.25, 0.3) is 5.91 Å². The normalized spacial score (nSPS) is 13.0. The Bertz CT molecular complexity index is 939. The zero-order valence-corrected chi connectivity index (χ0v) is 18.9. The molecule has 1 atom stereocenters. The zero-order valence-electron chi connectivity index (χ0n) is 18.1. The van der Waals surface area contributed by atoms with Gasteiger partial charge in [-0.25, -0.2) is 15.1 Å². The first-order valence-corrected chi connectivity index (χ1v) is 11.5. The number of carbonyl (C=O) groups excluding carboxylic acids is 2. The molecule has 1 unspecified atom stereocenters. The molecule has 2 aromatic carbocycles. The second-order valence-corrected chi connectivity index (χ2v) is 8.34. The number of amides is 2. The molecule has 2 aromatic rings. The van der Waals surface area contributed by atoms with Gasteiger partial charge in [0.05, 0.1) is 12.4 Å². The van der Waals surface area contributed by atoms with Gasteiger partial charge in [-0.2, -0.15) is 11.8 Å². The Hall–Kier alpha value is -3.08. The summed E-state index contributed by atoms with van der Waals surface area (Å²) in [6, 6.07) is 16.2. The Morgan fingerprint density at radius 1 is 1.06 bits per heavy atom. The Kier molecular flexibility index (Phi) is 9.11. The van der Waals surface area contributed by atoms with E-state index in [2.05, 4.69) is 35.1 Å². The molecule has 0 spiro atoms. The molecule has 2 amide bonds. The van der Waals surface area contributed by atoms with E-state index in [0.717, 1.165) is 22.3 Å². The first-order chi connectivity index (χ1) is 16.0. The van der Waals surface area contributed by atoms with Crippen LogP contribution in [-0.4, -0.2) is 67.6 Å². The predicted octanol–water partition coefficient (Wildman–Crippen LogP) is 2.41. The van der Waals surface area contributed by atoms with E-state index < -0.39 is 24.1 Å². The van der Waals surface area contributed by atoms with Crippen molar-refractivity contribution >= 4 is 29.7 Å². The van der Waals surface area contributed by atoms with Crippen LogP contribution in [0.1, 0.15) is 17.0 Å². The summed E-state index contributed by atoms with van der Waals surface area (Å²) in [6.07, 6.45) is -1.80. The van der Waals surface area contributed by atoms with Crippen LogP contribution in [0.2, 0.25) is 0 Å². The van der Waals surface area contributed by atoms with Crippen molar-refractivity contribution in [2.75, 3.05) is 38.4 Å². The van der Waals surface area contributed by atoms with Crippen LogP contribution in [0.5, 0.6) is 0 Å². The fourth-order valence-electron chi connectivity index (χ4n) is 3.51. The van der Waals surface area contributed by atoms with Gasteiger partial charge in [0.2, 0.25) is 6.10 Å². The van der Waals surface area contributed by atoms with Gasteiger partial charge in [0.1, 0.15) is 6.61 Å². The molecule has 1 aliphatic rings. The lowest BCUT2D eigenvalue weighted by atomic mass is 9.98. The third-order valence-corrected chi connectivity index (χ3v) is 5.96. The molecule has 176 valence electrons. The molecule has 0 saturated carbocycles. The van der Waals surface area contributed by atoms with Crippen LogP contribution in [0.3, 0.4) is 0 Å². The quantitative estimate of drug-likeness (QED) is 0.317. The minimum Gasteiger partial charge on any atom is -0.479 e. The van der Waals surface area contributed by atoms with E-state index in [1.54, 1.807) is 0 Å². The largest absolute Gasteiger partial charge is 0.479 e. The van der Waals surface area contributed by atoms with E-state index in [1.165, 1.54) is 18.9 Å². The summed E-state index contributed by atoms with van der Waals surface area (Å²) >= 11 is 1.26. The van der Waals surface area contributed by atoms with Crippen molar-refractivity contribution in [3.63, 3.8) is 0 Å². The molecule has 10 heteroatoms. The first kappa shape index (κ1) is 24.6. The number of nitrogens with one attached hydrogen (secondary N) is 2. The van der Waals surface area contributed by atoms with Crippen molar-refractivity contribution in [2.24, 2.45) is 0 Å². The van der Waals surface area contributed by atoms with Crippen LogP contribution in [-0.2, 0) is 23.9 Å². The fraction of sp³-hybridized carbons (Fsp3) is 0.348. The number of ether oxygens (including phenoxy) is 2. The maximum absolute atomic E-state index is 12.1. The highest BCUT2D eigenvalue weighted by Crippen LogP contribution is 2.44. The number of thioether (sulfide) groups is 1. The standard InChI is InChI=1S/C23H26N2O7S/c1-30-13-20(22(27)28)32-25-21(26)14-33-11-10-24-23(29)31-12-19-17-8-4-2-6-15(17)16-7-3-5-9-18(16)19/h2-9,19-20H,10-14H2,1H3,(H,24,29)(H,25,26)(H,27,28). The SMILES string of the molecule is COCC(ONC(=O)CSCCNC(=O)OCC1c2ccccc2-c2ccccc21)C(=O)O. The number of methoxy groups -OCH3 is 1. The maximum atomic E-state index is 12.1. The number of hydrogen-bond acceptors (Lipinski definition) is 7. The summed E-state index contributed by atoms with van der Waals surface area (Å²) < 4.78 is 10.2. The van der Waals surface area contributed by atoms with Gasteiger partial charge in [0, 0.05) is 25.3 Å². The van der Waals surface area contributed by atoms with Crippen molar-refractivity contribution in [3.05, 3.63) is 59.7 Å². The molecule has 0 aromatic heterocycles. The van der Waals surface area contributed by atoms with Crippen LogP contribution in [0.15, 0.2) is 48.5 Å². The van der Waals surface area contributed by atoms with Crippen LogP contribution in [0.25, 0.3) is 11.1 Å². The molecule has 9 nitrogen and oxygen atoms in total. The number of alkyl carbamates (subject to hydrolysis) is 1. The minimum absolute atomic E-state index is 0.00559. The number of carboxylic acids is 1. The van der Waals surface area contributed by atoms with Gasteiger partial charge in [-0.15, -0.1) is 0 Å². The number of rotatable bonds is 12.